The first kappa shape index (κ1) is 11.5. The molecule has 0 radical (unpaired) electrons. The van der Waals surface area contributed by atoms with Crippen LogP contribution in [0, 0.1) is 6.92 Å². The first-order valence-electron chi connectivity index (χ1n) is 5.28. The zero-order valence-corrected chi connectivity index (χ0v) is 11.5. The van der Waals surface area contributed by atoms with E-state index in [0.717, 1.165) is 27.0 Å². The lowest BCUT2D eigenvalue weighted by Gasteiger charge is -1.98. The average Bonchev–Trinajstić information content (AvgIpc) is 2.94. The van der Waals surface area contributed by atoms with Crippen LogP contribution in [0.2, 0.25) is 0 Å². The highest BCUT2D eigenvalue weighted by atomic mass is 32.2. The number of hydrogen-bond donors (Lipinski definition) is 0. The van der Waals surface area contributed by atoms with Crippen LogP contribution in [0.15, 0.2) is 27.7 Å². The fraction of sp³-hybridized carbons (Fsp3) is 0.182. The summed E-state index contributed by atoms with van der Waals surface area (Å²) in [6.45, 7) is 1.94. The van der Waals surface area contributed by atoms with Gasteiger partial charge in [-0.2, -0.15) is 5.10 Å². The minimum Gasteiger partial charge on any atom is -0.296 e. The third-order valence-corrected chi connectivity index (χ3v) is 4.38. The molecule has 3 aromatic heterocycles. The van der Waals surface area contributed by atoms with Crippen molar-refractivity contribution in [3.8, 4) is 0 Å². The zero-order valence-electron chi connectivity index (χ0n) is 9.82. The van der Waals surface area contributed by atoms with E-state index < -0.39 is 0 Å². The Hall–Kier alpha value is -1.60. The smallest absolute Gasteiger partial charge is 0.195 e. The van der Waals surface area contributed by atoms with E-state index in [9.17, 15) is 4.79 Å². The molecule has 0 bridgehead atoms. The Kier molecular flexibility index (Phi) is 2.71. The summed E-state index contributed by atoms with van der Waals surface area (Å²) in [5.41, 5.74) is 1.55. The van der Waals surface area contributed by atoms with E-state index in [2.05, 4.69) is 10.1 Å². The van der Waals surface area contributed by atoms with Gasteiger partial charge in [0.25, 0.3) is 0 Å². The van der Waals surface area contributed by atoms with E-state index in [1.807, 2.05) is 36.0 Å². The fourth-order valence-electron chi connectivity index (χ4n) is 1.75. The number of hydrogen-bond acceptors (Lipinski definition) is 5. The van der Waals surface area contributed by atoms with Crippen molar-refractivity contribution in [1.29, 1.82) is 0 Å². The second kappa shape index (κ2) is 4.25. The number of aromatic nitrogens is 4. The van der Waals surface area contributed by atoms with Crippen LogP contribution in [-0.2, 0) is 7.05 Å². The highest BCUT2D eigenvalue weighted by Crippen LogP contribution is 2.31. The SMILES string of the molecule is Cc1cc(Sc2nc3sccn3c2C=O)n(C)n1. The maximum atomic E-state index is 11.2. The quantitative estimate of drug-likeness (QED) is 0.690. The lowest BCUT2D eigenvalue weighted by molar-refractivity contribution is 0.111. The largest absolute Gasteiger partial charge is 0.296 e. The molecule has 0 amide bonds. The zero-order chi connectivity index (χ0) is 12.7. The van der Waals surface area contributed by atoms with Crippen molar-refractivity contribution in [3.63, 3.8) is 0 Å². The van der Waals surface area contributed by atoms with Crippen LogP contribution >= 0.6 is 23.1 Å². The van der Waals surface area contributed by atoms with E-state index in [4.69, 9.17) is 0 Å². The third kappa shape index (κ3) is 1.75. The first-order chi connectivity index (χ1) is 8.69. The molecular weight excluding hydrogens is 268 g/mol. The van der Waals surface area contributed by atoms with Crippen molar-refractivity contribution in [2.75, 3.05) is 0 Å². The van der Waals surface area contributed by atoms with Crippen molar-refractivity contribution < 1.29 is 4.79 Å². The summed E-state index contributed by atoms with van der Waals surface area (Å²) in [5.74, 6) is 0. The molecule has 0 aliphatic carbocycles. The van der Waals surface area contributed by atoms with E-state index in [1.54, 1.807) is 4.68 Å². The summed E-state index contributed by atoms with van der Waals surface area (Å²) < 4.78 is 3.60. The highest BCUT2D eigenvalue weighted by Gasteiger charge is 2.15. The first-order valence-corrected chi connectivity index (χ1v) is 6.98. The van der Waals surface area contributed by atoms with E-state index in [1.165, 1.54) is 23.1 Å². The molecule has 0 atom stereocenters. The summed E-state index contributed by atoms with van der Waals surface area (Å²) in [7, 11) is 1.88. The number of thiazole rings is 1. The van der Waals surface area contributed by atoms with Gasteiger partial charge in [-0.15, -0.1) is 11.3 Å². The van der Waals surface area contributed by atoms with Gasteiger partial charge in [0.1, 0.15) is 15.7 Å². The van der Waals surface area contributed by atoms with E-state index >= 15 is 0 Å². The lowest BCUT2D eigenvalue weighted by Crippen LogP contribution is -1.93. The Morgan fingerprint density at radius 1 is 1.50 bits per heavy atom. The summed E-state index contributed by atoms with van der Waals surface area (Å²) in [6, 6.07) is 1.98. The summed E-state index contributed by atoms with van der Waals surface area (Å²) >= 11 is 2.98. The van der Waals surface area contributed by atoms with Gasteiger partial charge in [-0.25, -0.2) is 4.98 Å². The third-order valence-electron chi connectivity index (χ3n) is 2.54. The summed E-state index contributed by atoms with van der Waals surface area (Å²) in [4.78, 5) is 16.5. The van der Waals surface area contributed by atoms with Crippen LogP contribution < -0.4 is 0 Å². The Morgan fingerprint density at radius 2 is 2.33 bits per heavy atom. The number of rotatable bonds is 3. The minimum atomic E-state index is 0.593. The van der Waals surface area contributed by atoms with Crippen molar-refractivity contribution >= 4 is 34.3 Å². The Balaban J connectivity index is 2.06. The van der Waals surface area contributed by atoms with Gasteiger partial charge in [0.15, 0.2) is 11.2 Å². The van der Waals surface area contributed by atoms with Gasteiger partial charge < -0.3 is 0 Å². The van der Waals surface area contributed by atoms with Gasteiger partial charge in [-0.1, -0.05) is 0 Å². The number of nitrogens with zero attached hydrogens (tertiary/aromatic N) is 4. The number of aryl methyl sites for hydroxylation is 2. The standard InChI is InChI=1S/C11H10N4OS2/c1-7-5-9(14(2)13-7)18-10-8(6-16)15-3-4-17-11(15)12-10/h3-6H,1-2H3. The molecular formula is C11H10N4OS2. The van der Waals surface area contributed by atoms with Crippen LogP contribution in [0.5, 0.6) is 0 Å². The molecule has 0 saturated carbocycles. The number of fused-ring (bicyclic) bond motifs is 1. The lowest BCUT2D eigenvalue weighted by atomic mass is 10.5. The molecule has 5 nitrogen and oxygen atoms in total. The molecule has 0 aromatic carbocycles. The maximum Gasteiger partial charge on any atom is 0.195 e. The number of aldehydes is 1. The van der Waals surface area contributed by atoms with Crippen LogP contribution in [0.1, 0.15) is 16.2 Å². The minimum absolute atomic E-state index is 0.593. The average molecular weight is 278 g/mol. The van der Waals surface area contributed by atoms with Crippen molar-refractivity contribution in [1.82, 2.24) is 19.2 Å². The molecule has 3 heterocycles. The molecule has 0 aliphatic rings. The van der Waals surface area contributed by atoms with Crippen molar-refractivity contribution in [3.05, 3.63) is 29.0 Å². The van der Waals surface area contributed by atoms with Crippen molar-refractivity contribution in [2.24, 2.45) is 7.05 Å². The summed E-state index contributed by atoms with van der Waals surface area (Å²) in [6.07, 6.45) is 2.70. The number of imidazole rings is 1. The number of carbonyl (C=O) groups is 1. The second-order valence-electron chi connectivity index (χ2n) is 3.83. The predicted molar refractivity (Wildman–Crippen MR) is 70.5 cm³/mol. The molecule has 18 heavy (non-hydrogen) atoms. The second-order valence-corrected chi connectivity index (χ2v) is 5.71. The van der Waals surface area contributed by atoms with Gasteiger partial charge in [0.05, 0.1) is 5.69 Å². The maximum absolute atomic E-state index is 11.2. The van der Waals surface area contributed by atoms with E-state index in [0.29, 0.717) is 5.69 Å². The molecule has 92 valence electrons. The van der Waals surface area contributed by atoms with Gasteiger partial charge in [-0.3, -0.25) is 13.9 Å². The molecule has 3 aromatic rings. The highest BCUT2D eigenvalue weighted by molar-refractivity contribution is 7.99. The van der Waals surface area contributed by atoms with Crippen LogP contribution in [0.3, 0.4) is 0 Å². The van der Waals surface area contributed by atoms with Crippen LogP contribution in [0.25, 0.3) is 4.96 Å². The topological polar surface area (TPSA) is 52.2 Å². The molecule has 0 spiro atoms. The number of carbonyl (C=O) groups excluding carboxylic acids is 1. The fourth-order valence-corrected chi connectivity index (χ4v) is 3.51. The predicted octanol–water partition coefficient (Wildman–Crippen LogP) is 2.40. The Morgan fingerprint density at radius 3 is 3.00 bits per heavy atom. The molecule has 0 N–H and O–H groups in total. The van der Waals surface area contributed by atoms with Gasteiger partial charge in [0, 0.05) is 18.6 Å². The molecule has 0 fully saturated rings. The van der Waals surface area contributed by atoms with Gasteiger partial charge in [0.2, 0.25) is 0 Å². The summed E-state index contributed by atoms with van der Waals surface area (Å²) in [5, 5.41) is 7.89. The van der Waals surface area contributed by atoms with Crippen LogP contribution in [0.4, 0.5) is 0 Å². The van der Waals surface area contributed by atoms with E-state index in [-0.39, 0.29) is 0 Å². The monoisotopic (exact) mass is 278 g/mol. The molecule has 7 heteroatoms. The van der Waals surface area contributed by atoms with Gasteiger partial charge >= 0.3 is 0 Å². The van der Waals surface area contributed by atoms with Crippen LogP contribution in [-0.4, -0.2) is 25.5 Å². The van der Waals surface area contributed by atoms with Gasteiger partial charge in [-0.05, 0) is 24.8 Å². The van der Waals surface area contributed by atoms with Crippen molar-refractivity contribution in [2.45, 2.75) is 17.0 Å². The molecule has 0 saturated heterocycles. The normalized spacial score (nSPS) is 11.2. The molecule has 3 rings (SSSR count). The molecule has 0 unspecified atom stereocenters. The molecule has 0 aliphatic heterocycles. The Labute approximate surface area is 111 Å². The Bertz CT molecular complexity index is 725.